The third-order valence-electron chi connectivity index (χ3n) is 2.47. The fourth-order valence-electron chi connectivity index (χ4n) is 1.64. The van der Waals surface area contributed by atoms with Gasteiger partial charge in [0, 0.05) is 12.6 Å². The Hall–Kier alpha value is -1.95. The fraction of sp³-hybridized carbons (Fsp3) is 0.333. The van der Waals surface area contributed by atoms with Crippen LogP contribution in [0.1, 0.15) is 11.6 Å². The van der Waals surface area contributed by atoms with Crippen molar-refractivity contribution < 1.29 is 4.39 Å². The van der Waals surface area contributed by atoms with Gasteiger partial charge in [0.2, 0.25) is 0 Å². The summed E-state index contributed by atoms with van der Waals surface area (Å²) in [5, 5.41) is 17.4. The molecule has 0 amide bonds. The molecular weight excluding hydrogens is 219 g/mol. The Bertz CT molecular complexity index is 413. The Morgan fingerprint density at radius 2 is 1.71 bits per heavy atom. The number of nitrogens with two attached hydrogens (primary N) is 1. The Balaban J connectivity index is 2.92. The van der Waals surface area contributed by atoms with Crippen molar-refractivity contribution in [3.8, 4) is 12.1 Å². The molecule has 4 nitrogen and oxygen atoms in total. The van der Waals surface area contributed by atoms with Gasteiger partial charge >= 0.3 is 0 Å². The smallest absolute Gasteiger partial charge is 0.123 e. The van der Waals surface area contributed by atoms with E-state index in [1.807, 2.05) is 12.1 Å². The molecule has 0 saturated carbocycles. The summed E-state index contributed by atoms with van der Waals surface area (Å²) in [6.45, 7) is 0.509. The second kappa shape index (κ2) is 6.59. The number of rotatable bonds is 5. The maximum atomic E-state index is 12.8. The van der Waals surface area contributed by atoms with Gasteiger partial charge in [0.1, 0.15) is 5.82 Å². The lowest BCUT2D eigenvalue weighted by Gasteiger charge is -2.26. The molecule has 0 aromatic heterocycles. The zero-order chi connectivity index (χ0) is 12.7. The van der Waals surface area contributed by atoms with Gasteiger partial charge in [0.15, 0.2) is 0 Å². The Morgan fingerprint density at radius 3 is 2.12 bits per heavy atom. The van der Waals surface area contributed by atoms with Gasteiger partial charge in [0.05, 0.1) is 25.2 Å². The largest absolute Gasteiger partial charge is 0.329 e. The lowest BCUT2D eigenvalue weighted by molar-refractivity contribution is 0.254. The van der Waals surface area contributed by atoms with E-state index >= 15 is 0 Å². The van der Waals surface area contributed by atoms with Crippen molar-refractivity contribution >= 4 is 0 Å². The van der Waals surface area contributed by atoms with Crippen LogP contribution in [0, 0.1) is 28.5 Å². The standard InChI is InChI=1S/C12H13FN4/c13-11-3-1-10(2-4-11)12(9-16)17(7-5-14)8-6-15/h1-4,12H,7-9,16H2. The topological polar surface area (TPSA) is 76.8 Å². The van der Waals surface area contributed by atoms with E-state index in [1.54, 1.807) is 17.0 Å². The fourth-order valence-corrected chi connectivity index (χ4v) is 1.64. The lowest BCUT2D eigenvalue weighted by atomic mass is 10.1. The number of hydrogen-bond donors (Lipinski definition) is 1. The highest BCUT2D eigenvalue weighted by atomic mass is 19.1. The molecular formula is C12H13FN4. The number of nitriles is 2. The molecule has 1 aromatic rings. The van der Waals surface area contributed by atoms with Crippen LogP contribution in [-0.4, -0.2) is 24.5 Å². The molecule has 0 heterocycles. The van der Waals surface area contributed by atoms with Crippen LogP contribution in [0.25, 0.3) is 0 Å². The molecule has 5 heteroatoms. The van der Waals surface area contributed by atoms with E-state index in [0.29, 0.717) is 0 Å². The first-order valence-electron chi connectivity index (χ1n) is 5.16. The minimum atomic E-state index is -0.323. The molecule has 1 aromatic carbocycles. The molecule has 0 spiro atoms. The summed E-state index contributed by atoms with van der Waals surface area (Å²) < 4.78 is 12.8. The molecule has 1 atom stereocenters. The van der Waals surface area contributed by atoms with E-state index in [0.717, 1.165) is 5.56 Å². The average molecular weight is 232 g/mol. The van der Waals surface area contributed by atoms with Crippen LogP contribution in [0.15, 0.2) is 24.3 Å². The molecule has 0 bridgehead atoms. The normalized spacial score (nSPS) is 11.8. The lowest BCUT2D eigenvalue weighted by Crippen LogP contribution is -2.34. The molecule has 0 radical (unpaired) electrons. The third kappa shape index (κ3) is 3.53. The molecule has 1 rings (SSSR count). The molecule has 0 aliphatic rings. The van der Waals surface area contributed by atoms with Crippen LogP contribution >= 0.6 is 0 Å². The van der Waals surface area contributed by atoms with E-state index in [1.165, 1.54) is 12.1 Å². The Kier molecular flexibility index (Phi) is 5.09. The molecule has 0 aliphatic heterocycles. The van der Waals surface area contributed by atoms with Crippen molar-refractivity contribution in [1.29, 1.82) is 10.5 Å². The second-order valence-electron chi connectivity index (χ2n) is 3.52. The van der Waals surface area contributed by atoms with Crippen LogP contribution in [0.4, 0.5) is 4.39 Å². The van der Waals surface area contributed by atoms with Crippen molar-refractivity contribution in [1.82, 2.24) is 4.90 Å². The van der Waals surface area contributed by atoms with Crippen LogP contribution in [0.5, 0.6) is 0 Å². The number of hydrogen-bond acceptors (Lipinski definition) is 4. The highest BCUT2D eigenvalue weighted by Crippen LogP contribution is 2.19. The van der Waals surface area contributed by atoms with Crippen LogP contribution in [0.3, 0.4) is 0 Å². The van der Waals surface area contributed by atoms with E-state index in [2.05, 4.69) is 0 Å². The molecule has 0 fully saturated rings. The predicted octanol–water partition coefficient (Wildman–Crippen LogP) is 1.17. The van der Waals surface area contributed by atoms with Crippen LogP contribution in [-0.2, 0) is 0 Å². The Labute approximate surface area is 99.7 Å². The number of halogens is 1. The van der Waals surface area contributed by atoms with Gasteiger partial charge in [-0.1, -0.05) is 12.1 Å². The summed E-state index contributed by atoms with van der Waals surface area (Å²) in [5.41, 5.74) is 6.46. The van der Waals surface area contributed by atoms with Crippen molar-refractivity contribution in [2.45, 2.75) is 6.04 Å². The van der Waals surface area contributed by atoms with E-state index in [4.69, 9.17) is 16.3 Å². The molecule has 1 unspecified atom stereocenters. The summed E-state index contributed by atoms with van der Waals surface area (Å²) in [6, 6.07) is 9.67. The zero-order valence-corrected chi connectivity index (χ0v) is 9.31. The van der Waals surface area contributed by atoms with Crippen molar-refractivity contribution in [2.75, 3.05) is 19.6 Å². The van der Waals surface area contributed by atoms with E-state index in [9.17, 15) is 4.39 Å². The minimum Gasteiger partial charge on any atom is -0.329 e. The van der Waals surface area contributed by atoms with Gasteiger partial charge in [-0.05, 0) is 17.7 Å². The Morgan fingerprint density at radius 1 is 1.18 bits per heavy atom. The summed E-state index contributed by atoms with van der Waals surface area (Å²) in [6.07, 6.45) is 0. The van der Waals surface area contributed by atoms with Crippen molar-refractivity contribution in [3.63, 3.8) is 0 Å². The minimum absolute atomic E-state index is 0.118. The monoisotopic (exact) mass is 232 g/mol. The van der Waals surface area contributed by atoms with Gasteiger partial charge in [-0.2, -0.15) is 10.5 Å². The summed E-state index contributed by atoms with van der Waals surface area (Å²) >= 11 is 0. The SMILES string of the molecule is N#CCN(CC#N)C(CN)c1ccc(F)cc1. The molecule has 17 heavy (non-hydrogen) atoms. The van der Waals surface area contributed by atoms with Gasteiger partial charge in [0.25, 0.3) is 0 Å². The summed E-state index contributed by atoms with van der Waals surface area (Å²) in [5.74, 6) is -0.323. The third-order valence-corrected chi connectivity index (χ3v) is 2.47. The molecule has 88 valence electrons. The first-order valence-corrected chi connectivity index (χ1v) is 5.16. The van der Waals surface area contributed by atoms with E-state index < -0.39 is 0 Å². The highest BCUT2D eigenvalue weighted by Gasteiger charge is 2.18. The highest BCUT2D eigenvalue weighted by molar-refractivity contribution is 5.21. The maximum Gasteiger partial charge on any atom is 0.123 e. The van der Waals surface area contributed by atoms with E-state index in [-0.39, 0.29) is 31.5 Å². The van der Waals surface area contributed by atoms with Gasteiger partial charge in [-0.25, -0.2) is 4.39 Å². The van der Waals surface area contributed by atoms with Crippen LogP contribution < -0.4 is 5.73 Å². The predicted molar refractivity (Wildman–Crippen MR) is 61.0 cm³/mol. The quantitative estimate of drug-likeness (QED) is 0.773. The van der Waals surface area contributed by atoms with Crippen LogP contribution in [0.2, 0.25) is 0 Å². The number of nitrogens with zero attached hydrogens (tertiary/aromatic N) is 3. The molecule has 0 aliphatic carbocycles. The molecule has 0 saturated heterocycles. The maximum absolute atomic E-state index is 12.8. The zero-order valence-electron chi connectivity index (χ0n) is 9.31. The van der Waals surface area contributed by atoms with Crippen molar-refractivity contribution in [2.24, 2.45) is 5.73 Å². The summed E-state index contributed by atoms with van der Waals surface area (Å²) in [7, 11) is 0. The van der Waals surface area contributed by atoms with Gasteiger partial charge in [-0.15, -0.1) is 0 Å². The first-order chi connectivity index (χ1) is 8.22. The van der Waals surface area contributed by atoms with Gasteiger partial charge < -0.3 is 5.73 Å². The summed E-state index contributed by atoms with van der Waals surface area (Å²) in [4.78, 5) is 1.66. The number of benzene rings is 1. The van der Waals surface area contributed by atoms with Gasteiger partial charge in [-0.3, -0.25) is 4.90 Å². The molecule has 2 N–H and O–H groups in total. The van der Waals surface area contributed by atoms with Crippen molar-refractivity contribution in [3.05, 3.63) is 35.6 Å². The first kappa shape index (κ1) is 13.1. The average Bonchev–Trinajstić information content (AvgIpc) is 2.33. The second-order valence-corrected chi connectivity index (χ2v) is 3.52.